The molecule has 0 N–H and O–H groups in total. The molecule has 0 aliphatic heterocycles. The molecule has 20 heavy (non-hydrogen) atoms. The Morgan fingerprint density at radius 1 is 1.15 bits per heavy atom. The Morgan fingerprint density at radius 2 is 1.85 bits per heavy atom. The molecule has 2 unspecified atom stereocenters. The zero-order chi connectivity index (χ0) is 14.5. The van der Waals surface area contributed by atoms with E-state index in [4.69, 9.17) is 18.6 Å². The van der Waals surface area contributed by atoms with Gasteiger partial charge in [0.2, 0.25) is 0 Å². The molecule has 0 spiro atoms. The molecule has 1 aliphatic rings. The molecule has 4 heteroatoms. The van der Waals surface area contributed by atoms with Gasteiger partial charge in [0.15, 0.2) is 0 Å². The SMILES string of the molecule is Cc1c[pH][c]([Ti]([Cl])([Cl])[C]2(C)C=Cc3ccccc32)c1C. The first-order valence-corrected chi connectivity index (χ1v) is 13.6. The van der Waals surface area contributed by atoms with Crippen LogP contribution in [-0.4, -0.2) is 0 Å². The summed E-state index contributed by atoms with van der Waals surface area (Å²) in [6.45, 7) is 6.54. The normalized spacial score (nSPS) is 21.6. The van der Waals surface area contributed by atoms with Crippen LogP contribution in [0.4, 0.5) is 0 Å². The summed E-state index contributed by atoms with van der Waals surface area (Å²) in [6, 6.07) is 8.47. The fourth-order valence-electron chi connectivity index (χ4n) is 2.92. The maximum atomic E-state index is 7.10. The summed E-state index contributed by atoms with van der Waals surface area (Å²) < 4.78 is 1.15. The molecule has 1 aromatic heterocycles. The van der Waals surface area contributed by atoms with Gasteiger partial charge in [-0.15, -0.1) is 0 Å². The fourth-order valence-corrected chi connectivity index (χ4v) is 13.4. The second kappa shape index (κ2) is 5.04. The Morgan fingerprint density at radius 3 is 2.50 bits per heavy atom. The van der Waals surface area contributed by atoms with Crippen LogP contribution in [0, 0.1) is 13.8 Å². The summed E-state index contributed by atoms with van der Waals surface area (Å²) in [7, 11) is 14.9. The standard InChI is InChI=1S/C10H9.C6H8P.2ClH.Ti/c1-8-6-7-9-4-2-3-5-10(8)9;1-5-3-7-4-6(5)2;;;/h2-7H,1H3;3,7H,1-2H3;2*1H;/q;;;;+2/p-2. The van der Waals surface area contributed by atoms with Crippen molar-refractivity contribution in [3.05, 3.63) is 58.4 Å². The van der Waals surface area contributed by atoms with E-state index in [0.29, 0.717) is 8.19 Å². The van der Waals surface area contributed by atoms with E-state index >= 15 is 0 Å². The van der Waals surface area contributed by atoms with E-state index in [0.717, 1.165) is 0 Å². The topological polar surface area (TPSA) is 0 Å². The molecule has 1 aliphatic carbocycles. The van der Waals surface area contributed by atoms with Crippen molar-refractivity contribution in [3.8, 4) is 0 Å². The number of aryl methyl sites for hydroxylation is 1. The Labute approximate surface area is 133 Å². The molecule has 0 amide bonds. The van der Waals surface area contributed by atoms with E-state index in [1.807, 2.05) is 0 Å². The van der Waals surface area contributed by atoms with Crippen LogP contribution in [0.5, 0.6) is 0 Å². The van der Waals surface area contributed by atoms with Crippen molar-refractivity contribution in [2.24, 2.45) is 0 Å². The monoisotopic (exact) mass is 358 g/mol. The van der Waals surface area contributed by atoms with Crippen molar-refractivity contribution in [2.45, 2.75) is 24.5 Å². The van der Waals surface area contributed by atoms with E-state index in [9.17, 15) is 0 Å². The van der Waals surface area contributed by atoms with E-state index in [1.54, 1.807) is 0 Å². The molecule has 0 radical (unpaired) electrons. The second-order valence-electron chi connectivity index (χ2n) is 5.67. The van der Waals surface area contributed by atoms with E-state index in [2.05, 4.69) is 63.0 Å². The van der Waals surface area contributed by atoms with Gasteiger partial charge in [-0.1, -0.05) is 0 Å². The predicted molar refractivity (Wildman–Crippen MR) is 89.6 cm³/mol. The summed E-state index contributed by atoms with van der Waals surface area (Å²) in [5.74, 6) is 2.28. The van der Waals surface area contributed by atoms with E-state index < -0.39 is 14.5 Å². The van der Waals surface area contributed by atoms with Gasteiger partial charge in [0, 0.05) is 0 Å². The van der Waals surface area contributed by atoms with Crippen molar-refractivity contribution < 1.29 is 14.5 Å². The zero-order valence-corrected chi connectivity index (χ0v) is 15.9. The molecular weight excluding hydrogens is 342 g/mol. The Balaban J connectivity index is 2.17. The number of allylic oxidation sites excluding steroid dienone is 1. The molecule has 3 rings (SSSR count). The molecule has 0 nitrogen and oxygen atoms in total. The van der Waals surface area contributed by atoms with Gasteiger partial charge in [0.25, 0.3) is 0 Å². The van der Waals surface area contributed by atoms with Gasteiger partial charge in [-0.2, -0.15) is 0 Å². The number of rotatable bonds is 2. The molecule has 104 valence electrons. The molecule has 1 aromatic carbocycles. The van der Waals surface area contributed by atoms with Crippen LogP contribution in [-0.2, 0) is 18.2 Å². The van der Waals surface area contributed by atoms with Gasteiger partial charge in [-0.3, -0.25) is 0 Å². The molecule has 0 bridgehead atoms. The molecular formula is C16H17Cl2PTi. The Kier molecular flexibility index (Phi) is 3.77. The number of halogens is 2. The van der Waals surface area contributed by atoms with Crippen LogP contribution in [0.25, 0.3) is 6.08 Å². The van der Waals surface area contributed by atoms with Crippen molar-refractivity contribution in [1.29, 1.82) is 0 Å². The number of hydrogen-bond acceptors (Lipinski definition) is 0. The van der Waals surface area contributed by atoms with Crippen LogP contribution in [0.15, 0.2) is 36.1 Å². The maximum absolute atomic E-state index is 7.10. The van der Waals surface area contributed by atoms with Crippen LogP contribution < -0.4 is 3.60 Å². The van der Waals surface area contributed by atoms with Gasteiger partial charge in [-0.05, 0) is 0 Å². The Bertz CT molecular complexity index is 702. The third-order valence-corrected chi connectivity index (χ3v) is 18.3. The minimum atomic E-state index is -3.22. The molecule has 0 saturated carbocycles. The van der Waals surface area contributed by atoms with Gasteiger partial charge < -0.3 is 0 Å². The molecule has 1 heterocycles. The summed E-state index contributed by atoms with van der Waals surface area (Å²) in [5, 5.41) is 0. The van der Waals surface area contributed by atoms with Crippen LogP contribution in [0.1, 0.15) is 29.2 Å². The van der Waals surface area contributed by atoms with Gasteiger partial charge in [0.05, 0.1) is 0 Å². The average Bonchev–Trinajstić information content (AvgIpc) is 2.94. The van der Waals surface area contributed by atoms with Crippen LogP contribution >= 0.6 is 26.8 Å². The zero-order valence-electron chi connectivity index (χ0n) is 11.8. The summed E-state index contributed by atoms with van der Waals surface area (Å²) >= 11 is -3.22. The first-order valence-electron chi connectivity index (χ1n) is 6.69. The molecule has 2 aromatic rings. The van der Waals surface area contributed by atoms with Gasteiger partial charge in [0.1, 0.15) is 0 Å². The molecule has 2 atom stereocenters. The van der Waals surface area contributed by atoms with Gasteiger partial charge in [-0.25, -0.2) is 0 Å². The van der Waals surface area contributed by atoms with E-state index in [1.165, 1.54) is 25.9 Å². The molecule has 0 saturated heterocycles. The third kappa shape index (κ3) is 2.01. The first kappa shape index (κ1) is 15.0. The molecule has 0 fully saturated rings. The van der Waals surface area contributed by atoms with E-state index in [-0.39, 0.29) is 3.72 Å². The summed E-state index contributed by atoms with van der Waals surface area (Å²) in [4.78, 5) is 0. The Hall–Kier alpha value is 0.0343. The number of fused-ring (bicyclic) bond motifs is 1. The summed E-state index contributed by atoms with van der Waals surface area (Å²) in [6.07, 6.45) is 4.41. The minimum absolute atomic E-state index is 0.193. The third-order valence-electron chi connectivity index (χ3n) is 4.48. The predicted octanol–water partition coefficient (Wildman–Crippen LogP) is 5.36. The summed E-state index contributed by atoms with van der Waals surface area (Å²) in [5.41, 5.74) is 5.22. The van der Waals surface area contributed by atoms with Crippen molar-refractivity contribution in [3.63, 3.8) is 0 Å². The average molecular weight is 359 g/mol. The second-order valence-corrected chi connectivity index (χ2v) is 17.2. The number of hydrogen-bond donors (Lipinski definition) is 0. The van der Waals surface area contributed by atoms with Crippen molar-refractivity contribution >= 4 is 36.5 Å². The number of benzene rings is 1. The van der Waals surface area contributed by atoms with Crippen molar-refractivity contribution in [1.82, 2.24) is 0 Å². The van der Waals surface area contributed by atoms with Crippen LogP contribution in [0.2, 0.25) is 0 Å². The van der Waals surface area contributed by atoms with Gasteiger partial charge >= 0.3 is 134 Å². The fraction of sp³-hybridized carbons (Fsp3) is 0.250. The van der Waals surface area contributed by atoms with Crippen LogP contribution in [0.3, 0.4) is 0 Å². The first-order chi connectivity index (χ1) is 9.38. The van der Waals surface area contributed by atoms with Crippen molar-refractivity contribution in [2.75, 3.05) is 0 Å². The quantitative estimate of drug-likeness (QED) is 0.633.